The lowest BCUT2D eigenvalue weighted by molar-refractivity contribution is 0.414. The van der Waals surface area contributed by atoms with Crippen molar-refractivity contribution in [3.63, 3.8) is 0 Å². The van der Waals surface area contributed by atoms with Gasteiger partial charge in [0.1, 0.15) is 0 Å². The van der Waals surface area contributed by atoms with Gasteiger partial charge in [0.05, 0.1) is 17.4 Å². The van der Waals surface area contributed by atoms with Gasteiger partial charge in [0.2, 0.25) is 0 Å². The fourth-order valence-electron chi connectivity index (χ4n) is 3.76. The first-order chi connectivity index (χ1) is 12.2. The van der Waals surface area contributed by atoms with Crippen molar-refractivity contribution in [2.24, 2.45) is 0 Å². The van der Waals surface area contributed by atoms with Gasteiger partial charge in [-0.15, -0.1) is 0 Å². The molecule has 0 bridgehead atoms. The number of aryl methyl sites for hydroxylation is 1. The Morgan fingerprint density at radius 2 is 2.00 bits per heavy atom. The second-order valence-corrected chi connectivity index (χ2v) is 7.12. The molecule has 2 heterocycles. The number of rotatable bonds is 4. The van der Waals surface area contributed by atoms with E-state index in [-0.39, 0.29) is 0 Å². The minimum Gasteiger partial charge on any atom is -0.371 e. The third-order valence-corrected chi connectivity index (χ3v) is 5.49. The highest BCUT2D eigenvalue weighted by molar-refractivity contribution is 5.75. The van der Waals surface area contributed by atoms with E-state index >= 15 is 0 Å². The Balaban J connectivity index is 1.33. The third kappa shape index (κ3) is 3.40. The van der Waals surface area contributed by atoms with Crippen LogP contribution in [0.1, 0.15) is 29.5 Å². The highest BCUT2D eigenvalue weighted by Gasteiger charge is 2.20. The average Bonchev–Trinajstić information content (AvgIpc) is 3.11. The Labute approximate surface area is 149 Å². The molecule has 2 N–H and O–H groups in total. The first-order valence-corrected chi connectivity index (χ1v) is 9.17. The summed E-state index contributed by atoms with van der Waals surface area (Å²) in [6.07, 6.45) is 4.14. The third-order valence-electron chi connectivity index (χ3n) is 5.49. The van der Waals surface area contributed by atoms with Gasteiger partial charge in [0.15, 0.2) is 0 Å². The fraction of sp³-hybridized carbons (Fsp3) is 0.381. The molecule has 0 spiro atoms. The summed E-state index contributed by atoms with van der Waals surface area (Å²) in [7, 11) is 0. The summed E-state index contributed by atoms with van der Waals surface area (Å²) < 4.78 is 0. The normalized spacial score (nSPS) is 15.8. The molecule has 1 fully saturated rings. The lowest BCUT2D eigenvalue weighted by Crippen LogP contribution is -2.42. The molecular formula is C21H26N4. The summed E-state index contributed by atoms with van der Waals surface area (Å²) in [5.41, 5.74) is 7.67. The van der Waals surface area contributed by atoms with E-state index in [4.69, 9.17) is 0 Å². The Morgan fingerprint density at radius 3 is 2.84 bits per heavy atom. The lowest BCUT2D eigenvalue weighted by Gasteiger charge is -2.35. The fourth-order valence-corrected chi connectivity index (χ4v) is 3.76. The highest BCUT2D eigenvalue weighted by atomic mass is 15.1. The van der Waals surface area contributed by atoms with Crippen LogP contribution in [-0.2, 0) is 6.54 Å². The van der Waals surface area contributed by atoms with E-state index in [2.05, 4.69) is 70.4 Å². The number of aromatic amines is 1. The Morgan fingerprint density at radius 1 is 1.16 bits per heavy atom. The molecule has 3 aromatic rings. The van der Waals surface area contributed by atoms with Gasteiger partial charge in [-0.1, -0.05) is 18.2 Å². The van der Waals surface area contributed by atoms with Crippen LogP contribution in [0.2, 0.25) is 0 Å². The van der Waals surface area contributed by atoms with Crippen LogP contribution < -0.4 is 10.2 Å². The van der Waals surface area contributed by atoms with E-state index in [0.717, 1.165) is 30.7 Å². The number of anilines is 1. The molecule has 1 saturated heterocycles. The second kappa shape index (κ2) is 6.89. The SMILES string of the molecule is Cc1cccc(N2CCC(NCc3ccc4nc[nH]c4c3)CC2)c1C. The number of benzene rings is 2. The molecule has 1 aliphatic heterocycles. The van der Waals surface area contributed by atoms with Gasteiger partial charge in [0, 0.05) is 31.4 Å². The van der Waals surface area contributed by atoms with E-state index in [1.807, 2.05) is 0 Å². The smallest absolute Gasteiger partial charge is 0.0931 e. The van der Waals surface area contributed by atoms with Gasteiger partial charge >= 0.3 is 0 Å². The van der Waals surface area contributed by atoms with Crippen molar-refractivity contribution in [2.75, 3.05) is 18.0 Å². The van der Waals surface area contributed by atoms with Gasteiger partial charge < -0.3 is 15.2 Å². The maximum atomic E-state index is 4.28. The van der Waals surface area contributed by atoms with Gasteiger partial charge in [-0.25, -0.2) is 4.98 Å². The van der Waals surface area contributed by atoms with Gasteiger partial charge in [-0.05, 0) is 61.6 Å². The number of imidazole rings is 1. The maximum absolute atomic E-state index is 4.28. The number of nitrogens with one attached hydrogen (secondary N) is 2. The molecule has 0 amide bonds. The van der Waals surface area contributed by atoms with E-state index in [1.54, 1.807) is 6.33 Å². The summed E-state index contributed by atoms with van der Waals surface area (Å²) in [6.45, 7) is 7.61. The largest absolute Gasteiger partial charge is 0.371 e. The number of hydrogen-bond acceptors (Lipinski definition) is 3. The predicted octanol–water partition coefficient (Wildman–Crippen LogP) is 3.94. The first kappa shape index (κ1) is 16.2. The summed E-state index contributed by atoms with van der Waals surface area (Å²) in [4.78, 5) is 10.0. The predicted molar refractivity (Wildman–Crippen MR) is 104 cm³/mol. The molecule has 0 atom stereocenters. The van der Waals surface area contributed by atoms with Crippen LogP contribution in [0.25, 0.3) is 11.0 Å². The Bertz CT molecular complexity index is 859. The van der Waals surface area contributed by atoms with Crippen LogP contribution in [0.4, 0.5) is 5.69 Å². The minimum absolute atomic E-state index is 0.596. The van der Waals surface area contributed by atoms with E-state index in [1.165, 1.54) is 35.2 Å². The van der Waals surface area contributed by atoms with E-state index in [9.17, 15) is 0 Å². The first-order valence-electron chi connectivity index (χ1n) is 9.17. The maximum Gasteiger partial charge on any atom is 0.0931 e. The molecule has 1 aliphatic rings. The van der Waals surface area contributed by atoms with Gasteiger partial charge in [-0.2, -0.15) is 0 Å². The van der Waals surface area contributed by atoms with Crippen molar-refractivity contribution in [3.8, 4) is 0 Å². The van der Waals surface area contributed by atoms with E-state index < -0.39 is 0 Å². The number of nitrogens with zero attached hydrogens (tertiary/aromatic N) is 2. The molecule has 1 aromatic heterocycles. The molecule has 25 heavy (non-hydrogen) atoms. The van der Waals surface area contributed by atoms with Gasteiger partial charge in [-0.3, -0.25) is 0 Å². The Kier molecular flexibility index (Phi) is 4.45. The van der Waals surface area contributed by atoms with Crippen molar-refractivity contribution >= 4 is 16.7 Å². The zero-order valence-electron chi connectivity index (χ0n) is 15.0. The molecule has 0 saturated carbocycles. The van der Waals surface area contributed by atoms with Crippen LogP contribution in [-0.4, -0.2) is 29.1 Å². The summed E-state index contributed by atoms with van der Waals surface area (Å²) in [6, 6.07) is 13.7. The molecule has 2 aromatic carbocycles. The number of aromatic nitrogens is 2. The molecule has 4 nitrogen and oxygen atoms in total. The van der Waals surface area contributed by atoms with Crippen molar-refractivity contribution in [2.45, 2.75) is 39.3 Å². The van der Waals surface area contributed by atoms with E-state index in [0.29, 0.717) is 6.04 Å². The summed E-state index contributed by atoms with van der Waals surface area (Å²) >= 11 is 0. The minimum atomic E-state index is 0.596. The standard InChI is InChI=1S/C21H26N4/c1-15-4-3-5-21(16(15)2)25-10-8-18(9-11-25)22-13-17-6-7-19-20(12-17)24-14-23-19/h3-7,12,14,18,22H,8-11,13H2,1-2H3,(H,23,24). The van der Waals surface area contributed by atoms with Crippen LogP contribution in [0.3, 0.4) is 0 Å². The lowest BCUT2D eigenvalue weighted by atomic mass is 10.0. The molecule has 130 valence electrons. The van der Waals surface area contributed by atoms with Crippen LogP contribution in [0.5, 0.6) is 0 Å². The molecule has 0 unspecified atom stereocenters. The Hall–Kier alpha value is -2.33. The average molecular weight is 334 g/mol. The second-order valence-electron chi connectivity index (χ2n) is 7.12. The number of H-pyrrole nitrogens is 1. The van der Waals surface area contributed by atoms with Crippen LogP contribution in [0.15, 0.2) is 42.7 Å². The summed E-state index contributed by atoms with van der Waals surface area (Å²) in [5, 5.41) is 3.73. The topological polar surface area (TPSA) is 44.0 Å². The van der Waals surface area contributed by atoms with Crippen LogP contribution >= 0.6 is 0 Å². The van der Waals surface area contributed by atoms with Gasteiger partial charge in [0.25, 0.3) is 0 Å². The van der Waals surface area contributed by atoms with Crippen molar-refractivity contribution < 1.29 is 0 Å². The molecule has 0 aliphatic carbocycles. The van der Waals surface area contributed by atoms with Crippen molar-refractivity contribution in [1.82, 2.24) is 15.3 Å². The molecular weight excluding hydrogens is 308 g/mol. The number of fused-ring (bicyclic) bond motifs is 1. The van der Waals surface area contributed by atoms with Crippen molar-refractivity contribution in [1.29, 1.82) is 0 Å². The zero-order valence-corrected chi connectivity index (χ0v) is 15.0. The monoisotopic (exact) mass is 334 g/mol. The zero-order chi connectivity index (χ0) is 17.2. The molecule has 4 heteroatoms. The molecule has 0 radical (unpaired) electrons. The highest BCUT2D eigenvalue weighted by Crippen LogP contribution is 2.26. The summed E-state index contributed by atoms with van der Waals surface area (Å²) in [5.74, 6) is 0. The number of hydrogen-bond donors (Lipinski definition) is 2. The van der Waals surface area contributed by atoms with Crippen LogP contribution in [0, 0.1) is 13.8 Å². The van der Waals surface area contributed by atoms with Crippen molar-refractivity contribution in [3.05, 3.63) is 59.4 Å². The number of piperidine rings is 1. The molecule has 4 rings (SSSR count). The quantitative estimate of drug-likeness (QED) is 0.759.